The SMILES string of the molecule is CCC(=O)Oc1cccc(Cl)c1COc1ccc(CC)cc1C1CC1. The summed E-state index contributed by atoms with van der Waals surface area (Å²) >= 11 is 6.31. The summed E-state index contributed by atoms with van der Waals surface area (Å²) in [6.07, 6.45) is 3.77. The van der Waals surface area contributed by atoms with Crippen LogP contribution >= 0.6 is 11.6 Å². The maximum absolute atomic E-state index is 11.6. The molecule has 0 radical (unpaired) electrons. The van der Waals surface area contributed by atoms with Crippen LogP contribution in [0.3, 0.4) is 0 Å². The van der Waals surface area contributed by atoms with Crippen LogP contribution in [0.1, 0.15) is 55.7 Å². The summed E-state index contributed by atoms with van der Waals surface area (Å²) < 4.78 is 11.5. The van der Waals surface area contributed by atoms with E-state index in [4.69, 9.17) is 21.1 Å². The van der Waals surface area contributed by atoms with Crippen molar-refractivity contribution in [2.75, 3.05) is 0 Å². The van der Waals surface area contributed by atoms with Crippen molar-refractivity contribution >= 4 is 17.6 Å². The zero-order valence-electron chi connectivity index (χ0n) is 14.7. The molecule has 0 aromatic heterocycles. The third kappa shape index (κ3) is 4.35. The lowest BCUT2D eigenvalue weighted by atomic mass is 10.0. The van der Waals surface area contributed by atoms with Crippen LogP contribution in [0.25, 0.3) is 0 Å². The number of carbonyl (C=O) groups excluding carboxylic acids is 1. The van der Waals surface area contributed by atoms with Gasteiger partial charge in [-0.1, -0.05) is 43.6 Å². The molecule has 0 aliphatic heterocycles. The number of benzene rings is 2. The third-order valence-corrected chi connectivity index (χ3v) is 4.81. The minimum atomic E-state index is -0.283. The second kappa shape index (κ2) is 7.92. The Kier molecular flexibility index (Phi) is 5.64. The molecule has 1 fully saturated rings. The lowest BCUT2D eigenvalue weighted by molar-refractivity contribution is -0.134. The molecule has 0 unspecified atom stereocenters. The summed E-state index contributed by atoms with van der Waals surface area (Å²) in [5.74, 6) is 1.68. The van der Waals surface area contributed by atoms with Gasteiger partial charge < -0.3 is 9.47 Å². The molecule has 1 aliphatic carbocycles. The molecule has 1 saturated carbocycles. The number of rotatable bonds is 7. The Hall–Kier alpha value is -2.00. The first-order valence-electron chi connectivity index (χ1n) is 8.86. The van der Waals surface area contributed by atoms with Gasteiger partial charge in [0, 0.05) is 6.42 Å². The maximum atomic E-state index is 11.6. The van der Waals surface area contributed by atoms with Gasteiger partial charge in [-0.25, -0.2) is 0 Å². The molecule has 0 N–H and O–H groups in total. The lowest BCUT2D eigenvalue weighted by Gasteiger charge is -2.15. The number of esters is 1. The predicted molar refractivity (Wildman–Crippen MR) is 99.5 cm³/mol. The van der Waals surface area contributed by atoms with E-state index in [1.54, 1.807) is 25.1 Å². The minimum Gasteiger partial charge on any atom is -0.488 e. The van der Waals surface area contributed by atoms with E-state index in [-0.39, 0.29) is 12.6 Å². The number of hydrogen-bond donors (Lipinski definition) is 0. The Morgan fingerprint density at radius 2 is 1.96 bits per heavy atom. The van der Waals surface area contributed by atoms with Gasteiger partial charge in [0.05, 0.1) is 10.6 Å². The van der Waals surface area contributed by atoms with Gasteiger partial charge in [0.1, 0.15) is 18.1 Å². The first-order chi connectivity index (χ1) is 12.1. The van der Waals surface area contributed by atoms with Gasteiger partial charge in [-0.05, 0) is 54.5 Å². The first kappa shape index (κ1) is 17.8. The monoisotopic (exact) mass is 358 g/mol. The molecule has 0 amide bonds. The summed E-state index contributed by atoms with van der Waals surface area (Å²) in [6, 6.07) is 11.7. The van der Waals surface area contributed by atoms with Crippen LogP contribution < -0.4 is 9.47 Å². The van der Waals surface area contributed by atoms with Crippen LogP contribution in [-0.4, -0.2) is 5.97 Å². The van der Waals surface area contributed by atoms with Crippen molar-refractivity contribution in [3.8, 4) is 11.5 Å². The minimum absolute atomic E-state index is 0.275. The highest BCUT2D eigenvalue weighted by Crippen LogP contribution is 2.45. The van der Waals surface area contributed by atoms with Crippen molar-refractivity contribution in [3.63, 3.8) is 0 Å². The van der Waals surface area contributed by atoms with E-state index in [1.807, 2.05) is 6.07 Å². The van der Waals surface area contributed by atoms with Gasteiger partial charge in [0.25, 0.3) is 0 Å². The highest BCUT2D eigenvalue weighted by Gasteiger charge is 2.27. The largest absolute Gasteiger partial charge is 0.488 e. The second-order valence-corrected chi connectivity index (χ2v) is 6.74. The molecule has 0 bridgehead atoms. The molecule has 2 aromatic carbocycles. The molecular weight excluding hydrogens is 336 g/mol. The van der Waals surface area contributed by atoms with Crippen LogP contribution in [-0.2, 0) is 17.8 Å². The highest BCUT2D eigenvalue weighted by molar-refractivity contribution is 6.31. The Bertz CT molecular complexity index is 766. The summed E-state index contributed by atoms with van der Waals surface area (Å²) in [5.41, 5.74) is 3.30. The van der Waals surface area contributed by atoms with Gasteiger partial charge in [0.15, 0.2) is 0 Å². The predicted octanol–water partition coefficient (Wildman–Crippen LogP) is 5.67. The Morgan fingerprint density at radius 3 is 2.64 bits per heavy atom. The Morgan fingerprint density at radius 1 is 1.16 bits per heavy atom. The maximum Gasteiger partial charge on any atom is 0.310 e. The second-order valence-electron chi connectivity index (χ2n) is 6.33. The van der Waals surface area contributed by atoms with Crippen LogP contribution in [0, 0.1) is 0 Å². The van der Waals surface area contributed by atoms with E-state index in [9.17, 15) is 4.79 Å². The molecule has 0 heterocycles. The molecule has 3 nitrogen and oxygen atoms in total. The third-order valence-electron chi connectivity index (χ3n) is 4.46. The molecular formula is C21H23ClO3. The van der Waals surface area contributed by atoms with Crippen molar-refractivity contribution in [2.24, 2.45) is 0 Å². The van der Waals surface area contributed by atoms with E-state index >= 15 is 0 Å². The first-order valence-corrected chi connectivity index (χ1v) is 9.23. The normalized spacial score (nSPS) is 13.6. The van der Waals surface area contributed by atoms with E-state index in [1.165, 1.54) is 24.0 Å². The smallest absolute Gasteiger partial charge is 0.310 e. The van der Waals surface area contributed by atoms with Gasteiger partial charge in [-0.2, -0.15) is 0 Å². The fourth-order valence-electron chi connectivity index (χ4n) is 2.78. The van der Waals surface area contributed by atoms with Gasteiger partial charge >= 0.3 is 5.97 Å². The quantitative estimate of drug-likeness (QED) is 0.472. The van der Waals surface area contributed by atoms with E-state index in [0.717, 1.165) is 12.2 Å². The Labute approximate surface area is 153 Å². The van der Waals surface area contributed by atoms with E-state index < -0.39 is 0 Å². The van der Waals surface area contributed by atoms with Gasteiger partial charge in [0.2, 0.25) is 0 Å². The number of hydrogen-bond acceptors (Lipinski definition) is 3. The van der Waals surface area contributed by atoms with Gasteiger partial charge in [-0.15, -0.1) is 0 Å². The molecule has 0 spiro atoms. The molecule has 132 valence electrons. The van der Waals surface area contributed by atoms with Crippen molar-refractivity contribution < 1.29 is 14.3 Å². The molecule has 1 aliphatic rings. The van der Waals surface area contributed by atoms with Crippen LogP contribution in [0.5, 0.6) is 11.5 Å². The highest BCUT2D eigenvalue weighted by atomic mass is 35.5. The average Bonchev–Trinajstić information content (AvgIpc) is 3.46. The number of halogens is 1. The number of aryl methyl sites for hydroxylation is 1. The number of carbonyl (C=O) groups is 1. The van der Waals surface area contributed by atoms with Crippen LogP contribution in [0.4, 0.5) is 0 Å². The topological polar surface area (TPSA) is 35.5 Å². The molecule has 0 saturated heterocycles. The lowest BCUT2D eigenvalue weighted by Crippen LogP contribution is -2.09. The molecule has 0 atom stereocenters. The summed E-state index contributed by atoms with van der Waals surface area (Å²) in [5, 5.41) is 0.541. The molecule has 25 heavy (non-hydrogen) atoms. The average molecular weight is 359 g/mol. The van der Waals surface area contributed by atoms with Crippen molar-refractivity contribution in [1.29, 1.82) is 0 Å². The van der Waals surface area contributed by atoms with Gasteiger partial charge in [-0.3, -0.25) is 4.79 Å². The zero-order valence-corrected chi connectivity index (χ0v) is 15.4. The summed E-state index contributed by atoms with van der Waals surface area (Å²) in [7, 11) is 0. The number of ether oxygens (including phenoxy) is 2. The summed E-state index contributed by atoms with van der Waals surface area (Å²) in [4.78, 5) is 11.6. The molecule has 2 aromatic rings. The van der Waals surface area contributed by atoms with Crippen molar-refractivity contribution in [1.82, 2.24) is 0 Å². The van der Waals surface area contributed by atoms with E-state index in [0.29, 0.717) is 28.7 Å². The van der Waals surface area contributed by atoms with Crippen LogP contribution in [0.2, 0.25) is 5.02 Å². The standard InChI is InChI=1S/C21H23ClO3/c1-3-14-8-11-19(16(12-14)15-9-10-15)24-13-17-18(22)6-5-7-20(17)25-21(23)4-2/h5-8,11-12,15H,3-4,9-10,13H2,1-2H3. The fourth-order valence-corrected chi connectivity index (χ4v) is 3.00. The van der Waals surface area contributed by atoms with Crippen molar-refractivity contribution in [3.05, 3.63) is 58.1 Å². The van der Waals surface area contributed by atoms with Crippen LogP contribution in [0.15, 0.2) is 36.4 Å². The molecule has 4 heteroatoms. The van der Waals surface area contributed by atoms with E-state index in [2.05, 4.69) is 19.1 Å². The molecule has 3 rings (SSSR count). The Balaban J connectivity index is 1.81. The summed E-state index contributed by atoms with van der Waals surface area (Å²) in [6.45, 7) is 4.20. The zero-order chi connectivity index (χ0) is 17.8. The fraction of sp³-hybridized carbons (Fsp3) is 0.381. The van der Waals surface area contributed by atoms with Crippen molar-refractivity contribution in [2.45, 2.75) is 52.1 Å².